The van der Waals surface area contributed by atoms with E-state index in [1.807, 2.05) is 20.0 Å². The van der Waals surface area contributed by atoms with Crippen molar-refractivity contribution in [3.05, 3.63) is 17.5 Å². The van der Waals surface area contributed by atoms with Gasteiger partial charge in [0.15, 0.2) is 0 Å². The summed E-state index contributed by atoms with van der Waals surface area (Å²) in [5, 5.41) is 6.51. The summed E-state index contributed by atoms with van der Waals surface area (Å²) in [5.41, 5.74) is 2.16. The molecule has 1 aromatic heterocycles. The van der Waals surface area contributed by atoms with E-state index < -0.39 is 0 Å². The van der Waals surface area contributed by atoms with Crippen LogP contribution in [0.25, 0.3) is 0 Å². The lowest BCUT2D eigenvalue weighted by atomic mass is 10.2. The topological polar surface area (TPSA) is 59.1 Å². The third-order valence-electron chi connectivity index (χ3n) is 2.77. The zero-order valence-electron chi connectivity index (χ0n) is 11.8. The van der Waals surface area contributed by atoms with Gasteiger partial charge in [-0.1, -0.05) is 6.92 Å². The molecule has 0 fully saturated rings. The fraction of sp³-hybridized carbons (Fsp3) is 0.692. The lowest BCUT2D eigenvalue weighted by molar-refractivity contribution is 0.128. The SMILES string of the molecule is CCCNCc1cnc(NCC(C)OC)nc1C. The van der Waals surface area contributed by atoms with Crippen molar-refractivity contribution in [1.29, 1.82) is 0 Å². The van der Waals surface area contributed by atoms with Gasteiger partial charge in [-0.15, -0.1) is 0 Å². The van der Waals surface area contributed by atoms with E-state index in [9.17, 15) is 0 Å². The van der Waals surface area contributed by atoms with Gasteiger partial charge in [0.1, 0.15) is 0 Å². The summed E-state index contributed by atoms with van der Waals surface area (Å²) in [7, 11) is 1.70. The van der Waals surface area contributed by atoms with E-state index in [0.29, 0.717) is 12.5 Å². The van der Waals surface area contributed by atoms with Gasteiger partial charge in [0.2, 0.25) is 5.95 Å². The molecule has 0 aliphatic heterocycles. The first kappa shape index (κ1) is 14.9. The highest BCUT2D eigenvalue weighted by Crippen LogP contribution is 2.07. The second-order valence-electron chi connectivity index (χ2n) is 4.41. The molecule has 0 aromatic carbocycles. The Morgan fingerprint density at radius 3 is 2.83 bits per heavy atom. The van der Waals surface area contributed by atoms with E-state index in [1.165, 1.54) is 0 Å². The first-order chi connectivity index (χ1) is 8.67. The van der Waals surface area contributed by atoms with Crippen molar-refractivity contribution in [3.8, 4) is 0 Å². The van der Waals surface area contributed by atoms with Gasteiger partial charge in [-0.2, -0.15) is 0 Å². The highest BCUT2D eigenvalue weighted by atomic mass is 16.5. The summed E-state index contributed by atoms with van der Waals surface area (Å²) in [6.45, 7) is 8.72. The fourth-order valence-corrected chi connectivity index (χ4v) is 1.47. The van der Waals surface area contributed by atoms with Crippen LogP contribution in [0.3, 0.4) is 0 Å². The zero-order valence-corrected chi connectivity index (χ0v) is 11.8. The van der Waals surface area contributed by atoms with Crippen molar-refractivity contribution in [2.75, 3.05) is 25.5 Å². The Kier molecular flexibility index (Phi) is 6.60. The molecule has 5 nitrogen and oxygen atoms in total. The minimum Gasteiger partial charge on any atom is -0.380 e. The minimum atomic E-state index is 0.153. The molecular weight excluding hydrogens is 228 g/mol. The van der Waals surface area contributed by atoms with Crippen LogP contribution < -0.4 is 10.6 Å². The molecule has 18 heavy (non-hydrogen) atoms. The van der Waals surface area contributed by atoms with Crippen LogP contribution in [0.1, 0.15) is 31.5 Å². The van der Waals surface area contributed by atoms with Crippen molar-refractivity contribution < 1.29 is 4.74 Å². The summed E-state index contributed by atoms with van der Waals surface area (Å²) < 4.78 is 5.16. The molecule has 0 amide bonds. The maximum absolute atomic E-state index is 5.16. The number of methoxy groups -OCH3 is 1. The number of aryl methyl sites for hydroxylation is 1. The largest absolute Gasteiger partial charge is 0.380 e. The number of ether oxygens (including phenoxy) is 1. The summed E-state index contributed by atoms with van der Waals surface area (Å²) in [6, 6.07) is 0. The van der Waals surface area contributed by atoms with E-state index in [0.717, 1.165) is 30.8 Å². The monoisotopic (exact) mass is 252 g/mol. The van der Waals surface area contributed by atoms with Gasteiger partial charge in [0, 0.05) is 37.7 Å². The molecule has 0 radical (unpaired) electrons. The van der Waals surface area contributed by atoms with Crippen LogP contribution in [-0.2, 0) is 11.3 Å². The molecule has 1 rings (SSSR count). The number of hydrogen-bond donors (Lipinski definition) is 2. The summed E-state index contributed by atoms with van der Waals surface area (Å²) in [6.07, 6.45) is 3.17. The van der Waals surface area contributed by atoms with Crippen molar-refractivity contribution in [2.45, 2.75) is 39.8 Å². The fourth-order valence-electron chi connectivity index (χ4n) is 1.47. The van der Waals surface area contributed by atoms with Gasteiger partial charge >= 0.3 is 0 Å². The van der Waals surface area contributed by atoms with Crippen LogP contribution >= 0.6 is 0 Å². The normalized spacial score (nSPS) is 12.4. The predicted octanol–water partition coefficient (Wildman–Crippen LogP) is 1.73. The molecule has 2 N–H and O–H groups in total. The third-order valence-corrected chi connectivity index (χ3v) is 2.77. The molecule has 0 saturated carbocycles. The lowest BCUT2D eigenvalue weighted by Gasteiger charge is -2.12. The summed E-state index contributed by atoms with van der Waals surface area (Å²) in [4.78, 5) is 8.75. The van der Waals surface area contributed by atoms with Crippen LogP contribution in [-0.4, -0.2) is 36.3 Å². The third kappa shape index (κ3) is 4.98. The highest BCUT2D eigenvalue weighted by molar-refractivity contribution is 5.29. The maximum Gasteiger partial charge on any atom is 0.222 e. The molecule has 1 heterocycles. The Hall–Kier alpha value is -1.20. The van der Waals surface area contributed by atoms with Crippen molar-refractivity contribution >= 4 is 5.95 Å². The van der Waals surface area contributed by atoms with Gasteiger partial charge in [0.25, 0.3) is 0 Å². The van der Waals surface area contributed by atoms with E-state index in [4.69, 9.17) is 4.74 Å². The molecule has 1 unspecified atom stereocenters. The summed E-state index contributed by atoms with van der Waals surface area (Å²) in [5.74, 6) is 0.663. The molecule has 0 aliphatic rings. The van der Waals surface area contributed by atoms with Gasteiger partial charge < -0.3 is 15.4 Å². The van der Waals surface area contributed by atoms with Crippen LogP contribution in [0, 0.1) is 6.92 Å². The smallest absolute Gasteiger partial charge is 0.222 e. The van der Waals surface area contributed by atoms with Gasteiger partial charge in [0.05, 0.1) is 6.10 Å². The zero-order chi connectivity index (χ0) is 13.4. The Bertz CT molecular complexity index is 357. The van der Waals surface area contributed by atoms with Crippen LogP contribution in [0.5, 0.6) is 0 Å². The number of hydrogen-bond acceptors (Lipinski definition) is 5. The first-order valence-electron chi connectivity index (χ1n) is 6.47. The van der Waals surface area contributed by atoms with E-state index in [2.05, 4.69) is 27.5 Å². The van der Waals surface area contributed by atoms with Crippen LogP contribution in [0.2, 0.25) is 0 Å². The quantitative estimate of drug-likeness (QED) is 0.690. The molecule has 0 bridgehead atoms. The Balaban J connectivity index is 2.50. The second kappa shape index (κ2) is 8.00. The first-order valence-corrected chi connectivity index (χ1v) is 6.47. The van der Waals surface area contributed by atoms with Crippen molar-refractivity contribution in [3.63, 3.8) is 0 Å². The number of nitrogens with one attached hydrogen (secondary N) is 2. The number of rotatable bonds is 8. The van der Waals surface area contributed by atoms with Crippen molar-refractivity contribution in [1.82, 2.24) is 15.3 Å². The minimum absolute atomic E-state index is 0.153. The Morgan fingerprint density at radius 1 is 1.44 bits per heavy atom. The molecule has 5 heteroatoms. The Labute approximate surface area is 109 Å². The van der Waals surface area contributed by atoms with E-state index in [-0.39, 0.29) is 6.10 Å². The number of anilines is 1. The summed E-state index contributed by atoms with van der Waals surface area (Å²) >= 11 is 0. The van der Waals surface area contributed by atoms with Gasteiger partial charge in [-0.05, 0) is 26.8 Å². The molecule has 0 saturated heterocycles. The number of aromatic nitrogens is 2. The molecule has 0 aliphatic carbocycles. The molecule has 1 atom stereocenters. The predicted molar refractivity (Wildman–Crippen MR) is 73.7 cm³/mol. The van der Waals surface area contributed by atoms with Gasteiger partial charge in [-0.25, -0.2) is 9.97 Å². The molecule has 1 aromatic rings. The molecule has 0 spiro atoms. The highest BCUT2D eigenvalue weighted by Gasteiger charge is 2.04. The second-order valence-corrected chi connectivity index (χ2v) is 4.41. The average Bonchev–Trinajstić information content (AvgIpc) is 2.38. The van der Waals surface area contributed by atoms with E-state index in [1.54, 1.807) is 7.11 Å². The van der Waals surface area contributed by atoms with Crippen LogP contribution in [0.4, 0.5) is 5.95 Å². The average molecular weight is 252 g/mol. The van der Waals surface area contributed by atoms with E-state index >= 15 is 0 Å². The molecule has 102 valence electrons. The van der Waals surface area contributed by atoms with Crippen LogP contribution in [0.15, 0.2) is 6.20 Å². The Morgan fingerprint density at radius 2 is 2.22 bits per heavy atom. The van der Waals surface area contributed by atoms with Crippen molar-refractivity contribution in [2.24, 2.45) is 0 Å². The maximum atomic E-state index is 5.16. The van der Waals surface area contributed by atoms with Gasteiger partial charge in [-0.3, -0.25) is 0 Å². The molecular formula is C13H24N4O. The number of nitrogens with zero attached hydrogens (tertiary/aromatic N) is 2. The lowest BCUT2D eigenvalue weighted by Crippen LogP contribution is -2.20. The standard InChI is InChI=1S/C13H24N4O/c1-5-6-14-8-12-9-16-13(17-11(12)3)15-7-10(2)18-4/h9-10,14H,5-8H2,1-4H3,(H,15,16,17).